The number of nitrogens with one attached hydrogen (secondary N) is 1. The average molecular weight is 406 g/mol. The van der Waals surface area contributed by atoms with Crippen molar-refractivity contribution in [3.63, 3.8) is 0 Å². The van der Waals surface area contributed by atoms with Gasteiger partial charge >= 0.3 is 5.97 Å². The molecule has 0 radical (unpaired) electrons. The predicted octanol–water partition coefficient (Wildman–Crippen LogP) is 3.62. The molecule has 28 heavy (non-hydrogen) atoms. The summed E-state index contributed by atoms with van der Waals surface area (Å²) in [4.78, 5) is 27.9. The Balaban J connectivity index is 1.44. The number of nitrogens with zero attached hydrogens (tertiary/aromatic N) is 1. The monoisotopic (exact) mass is 406 g/mol. The summed E-state index contributed by atoms with van der Waals surface area (Å²) in [5.74, 6) is -2.77. The highest BCUT2D eigenvalue weighted by atomic mass is 32.2. The van der Waals surface area contributed by atoms with E-state index in [9.17, 15) is 18.4 Å². The highest BCUT2D eigenvalue weighted by Crippen LogP contribution is 2.23. The maximum absolute atomic E-state index is 13.7. The van der Waals surface area contributed by atoms with Crippen LogP contribution in [0.25, 0.3) is 11.1 Å². The lowest BCUT2D eigenvalue weighted by Crippen LogP contribution is -2.31. The van der Waals surface area contributed by atoms with Crippen molar-refractivity contribution in [3.8, 4) is 0 Å². The molecule has 3 aromatic rings. The Labute approximate surface area is 163 Å². The van der Waals surface area contributed by atoms with Crippen LogP contribution in [0, 0.1) is 11.6 Å². The summed E-state index contributed by atoms with van der Waals surface area (Å²) in [7, 11) is 0. The number of carbonyl (C=O) groups excluding carboxylic acids is 2. The lowest BCUT2D eigenvalue weighted by molar-refractivity contribution is -0.146. The number of hydrogen-bond donors (Lipinski definition) is 1. The van der Waals surface area contributed by atoms with E-state index in [-0.39, 0.29) is 11.3 Å². The van der Waals surface area contributed by atoms with Crippen molar-refractivity contribution in [1.29, 1.82) is 0 Å². The van der Waals surface area contributed by atoms with Crippen LogP contribution in [0.5, 0.6) is 0 Å². The zero-order valence-electron chi connectivity index (χ0n) is 14.8. The first kappa shape index (κ1) is 19.8. The number of carbonyl (C=O) groups is 2. The lowest BCUT2D eigenvalue weighted by Gasteiger charge is -2.15. The largest absolute Gasteiger partial charge is 0.455 e. The number of amides is 1. The van der Waals surface area contributed by atoms with Crippen LogP contribution >= 0.6 is 11.8 Å². The lowest BCUT2D eigenvalue weighted by atomic mass is 10.1. The zero-order chi connectivity index (χ0) is 20.1. The number of halogens is 2. The van der Waals surface area contributed by atoms with Crippen molar-refractivity contribution in [3.05, 3.63) is 59.7 Å². The molecule has 0 bridgehead atoms. The molecule has 3 rings (SSSR count). The minimum absolute atomic E-state index is 0.0811. The van der Waals surface area contributed by atoms with Gasteiger partial charge in [0, 0.05) is 11.6 Å². The summed E-state index contributed by atoms with van der Waals surface area (Å²) < 4.78 is 37.0. The number of rotatable bonds is 7. The van der Waals surface area contributed by atoms with E-state index in [4.69, 9.17) is 9.15 Å². The molecule has 1 heterocycles. The first-order chi connectivity index (χ1) is 13.4. The smallest absolute Gasteiger partial charge is 0.316 e. The normalized spacial score (nSPS) is 12.0. The molecule has 6 nitrogen and oxygen atoms in total. The average Bonchev–Trinajstić information content (AvgIpc) is 3.07. The molecule has 146 valence electrons. The minimum Gasteiger partial charge on any atom is -0.455 e. The molecule has 1 atom stereocenters. The second kappa shape index (κ2) is 8.83. The summed E-state index contributed by atoms with van der Waals surface area (Å²) in [5.41, 5.74) is 1.42. The number of hydrogen-bond acceptors (Lipinski definition) is 6. The molecular formula is C19H16F2N2O4S. The zero-order valence-corrected chi connectivity index (χ0v) is 15.6. The Bertz CT molecular complexity index is 976. The van der Waals surface area contributed by atoms with Gasteiger partial charge in [-0.3, -0.25) is 9.59 Å². The number of benzene rings is 2. The molecule has 9 heteroatoms. The van der Waals surface area contributed by atoms with E-state index in [1.807, 2.05) is 12.1 Å². The number of ether oxygens (including phenoxy) is 1. The van der Waals surface area contributed by atoms with Gasteiger partial charge in [-0.25, -0.2) is 13.8 Å². The van der Waals surface area contributed by atoms with E-state index in [2.05, 4.69) is 10.3 Å². The number of para-hydroxylation sites is 2. The molecule has 0 unspecified atom stereocenters. The SMILES string of the molecule is C[C@H](NC(=O)COC(=O)CSc1nc2ccccc2o1)c1ccc(F)cc1F. The van der Waals surface area contributed by atoms with E-state index >= 15 is 0 Å². The van der Waals surface area contributed by atoms with Crippen molar-refractivity contribution in [2.75, 3.05) is 12.4 Å². The number of thioether (sulfide) groups is 1. The Hall–Kier alpha value is -2.94. The molecule has 0 aliphatic rings. The van der Waals surface area contributed by atoms with Gasteiger partial charge in [-0.1, -0.05) is 30.0 Å². The van der Waals surface area contributed by atoms with Crippen LogP contribution in [0.4, 0.5) is 8.78 Å². The van der Waals surface area contributed by atoms with Gasteiger partial charge in [0.15, 0.2) is 12.2 Å². The van der Waals surface area contributed by atoms with Gasteiger partial charge in [0.05, 0.1) is 6.04 Å². The molecule has 0 spiro atoms. The number of fused-ring (bicyclic) bond motifs is 1. The molecule has 1 amide bonds. The molecule has 0 saturated heterocycles. The van der Waals surface area contributed by atoms with Crippen molar-refractivity contribution < 1.29 is 27.5 Å². The molecule has 1 aromatic heterocycles. The maximum Gasteiger partial charge on any atom is 0.316 e. The van der Waals surface area contributed by atoms with E-state index in [1.54, 1.807) is 19.1 Å². The second-order valence-electron chi connectivity index (χ2n) is 5.85. The maximum atomic E-state index is 13.7. The van der Waals surface area contributed by atoms with Crippen molar-refractivity contribution in [2.45, 2.75) is 18.2 Å². The fourth-order valence-corrected chi connectivity index (χ4v) is 3.07. The van der Waals surface area contributed by atoms with E-state index in [1.165, 1.54) is 6.07 Å². The third-order valence-electron chi connectivity index (χ3n) is 3.76. The van der Waals surface area contributed by atoms with Crippen LogP contribution in [0.2, 0.25) is 0 Å². The highest BCUT2D eigenvalue weighted by Gasteiger charge is 2.16. The van der Waals surface area contributed by atoms with Gasteiger partial charge < -0.3 is 14.5 Å². The first-order valence-electron chi connectivity index (χ1n) is 8.30. The Kier molecular flexibility index (Phi) is 6.25. The van der Waals surface area contributed by atoms with Crippen LogP contribution in [0.3, 0.4) is 0 Å². The third-order valence-corrected chi connectivity index (χ3v) is 4.56. The van der Waals surface area contributed by atoms with Crippen molar-refractivity contribution in [1.82, 2.24) is 10.3 Å². The molecule has 0 aliphatic heterocycles. The molecule has 0 saturated carbocycles. The van der Waals surface area contributed by atoms with Crippen LogP contribution in [0.15, 0.2) is 52.1 Å². The Morgan fingerprint density at radius 2 is 2.04 bits per heavy atom. The number of aromatic nitrogens is 1. The van der Waals surface area contributed by atoms with Crippen molar-refractivity contribution >= 4 is 34.7 Å². The quantitative estimate of drug-likeness (QED) is 0.477. The fraction of sp³-hybridized carbons (Fsp3) is 0.211. The van der Waals surface area contributed by atoms with Crippen LogP contribution in [0.1, 0.15) is 18.5 Å². The Morgan fingerprint density at radius 1 is 1.25 bits per heavy atom. The number of esters is 1. The summed E-state index contributed by atoms with van der Waals surface area (Å²) in [6.07, 6.45) is 0. The third kappa shape index (κ3) is 5.07. The summed E-state index contributed by atoms with van der Waals surface area (Å²) in [6.45, 7) is 1.03. The van der Waals surface area contributed by atoms with Gasteiger partial charge in [0.1, 0.15) is 22.9 Å². The second-order valence-corrected chi connectivity index (χ2v) is 6.78. The first-order valence-corrected chi connectivity index (χ1v) is 9.29. The standard InChI is InChI=1S/C19H16F2N2O4S/c1-11(13-7-6-12(20)8-14(13)21)22-17(24)9-26-18(25)10-28-19-23-15-4-2-3-5-16(15)27-19/h2-8,11H,9-10H2,1H3,(H,22,24)/t11-/m0/s1. The van der Waals surface area contributed by atoms with Gasteiger partial charge in [0.2, 0.25) is 0 Å². The summed E-state index contributed by atoms with van der Waals surface area (Å²) in [5, 5.41) is 2.81. The van der Waals surface area contributed by atoms with Crippen LogP contribution in [-0.2, 0) is 14.3 Å². The van der Waals surface area contributed by atoms with E-state index in [0.29, 0.717) is 16.3 Å². The van der Waals surface area contributed by atoms with Gasteiger partial charge in [0.25, 0.3) is 11.1 Å². The van der Waals surface area contributed by atoms with Gasteiger partial charge in [-0.15, -0.1) is 0 Å². The molecule has 0 fully saturated rings. The Morgan fingerprint density at radius 3 is 2.79 bits per heavy atom. The van der Waals surface area contributed by atoms with Crippen molar-refractivity contribution in [2.24, 2.45) is 0 Å². The molecule has 2 aromatic carbocycles. The fourth-order valence-electron chi connectivity index (χ4n) is 2.43. The summed E-state index contributed by atoms with van der Waals surface area (Å²) >= 11 is 1.05. The predicted molar refractivity (Wildman–Crippen MR) is 98.6 cm³/mol. The number of oxazole rings is 1. The van der Waals surface area contributed by atoms with Crippen LogP contribution < -0.4 is 5.32 Å². The minimum atomic E-state index is -0.764. The molecule has 0 aliphatic carbocycles. The van der Waals surface area contributed by atoms with Gasteiger partial charge in [-0.05, 0) is 25.1 Å². The molecular weight excluding hydrogens is 390 g/mol. The molecule has 1 N–H and O–H groups in total. The summed E-state index contributed by atoms with van der Waals surface area (Å²) in [6, 6.07) is 9.57. The van der Waals surface area contributed by atoms with Gasteiger partial charge in [-0.2, -0.15) is 0 Å². The highest BCUT2D eigenvalue weighted by molar-refractivity contribution is 7.99. The topological polar surface area (TPSA) is 81.4 Å². The van der Waals surface area contributed by atoms with E-state index < -0.39 is 36.2 Å². The van der Waals surface area contributed by atoms with E-state index in [0.717, 1.165) is 23.9 Å². The van der Waals surface area contributed by atoms with Crippen LogP contribution in [-0.4, -0.2) is 29.2 Å².